The summed E-state index contributed by atoms with van der Waals surface area (Å²) in [5.41, 5.74) is -2.63. The van der Waals surface area contributed by atoms with Gasteiger partial charge in [0.2, 0.25) is 17.7 Å². The first kappa shape index (κ1) is 30.4. The van der Waals surface area contributed by atoms with Crippen LogP contribution < -0.4 is 0 Å². The van der Waals surface area contributed by atoms with E-state index < -0.39 is 40.7 Å². The first-order valence-electron chi connectivity index (χ1n) is 13.8. The molecule has 3 fully saturated rings. The second kappa shape index (κ2) is 10.1. The van der Waals surface area contributed by atoms with Gasteiger partial charge in [-0.2, -0.15) is 0 Å². The second-order valence-electron chi connectivity index (χ2n) is 13.8. The number of nitrogens with zero attached hydrogens (tertiary/aromatic N) is 3. The molecular formula is C30H49N3O5. The quantitative estimate of drug-likeness (QED) is 0.437. The van der Waals surface area contributed by atoms with Crippen LogP contribution in [-0.4, -0.2) is 93.1 Å². The zero-order valence-electron chi connectivity index (χ0n) is 24.9. The fraction of sp³-hybridized carbons (Fsp3) is 0.767. The van der Waals surface area contributed by atoms with E-state index in [-0.39, 0.29) is 35.7 Å². The van der Waals surface area contributed by atoms with E-state index >= 15 is 0 Å². The number of rotatable bonds is 10. The Morgan fingerprint density at radius 1 is 1.18 bits per heavy atom. The van der Waals surface area contributed by atoms with Crippen molar-refractivity contribution < 1.29 is 24.2 Å². The van der Waals surface area contributed by atoms with Crippen LogP contribution in [0.25, 0.3) is 0 Å². The molecule has 0 aromatic rings. The fourth-order valence-electron chi connectivity index (χ4n) is 7.72. The van der Waals surface area contributed by atoms with E-state index in [0.717, 1.165) is 6.42 Å². The molecule has 3 saturated heterocycles. The average molecular weight is 532 g/mol. The van der Waals surface area contributed by atoms with Crippen molar-refractivity contribution in [3.63, 3.8) is 0 Å². The number of carbonyl (C=O) groups is 3. The molecule has 2 bridgehead atoms. The van der Waals surface area contributed by atoms with E-state index in [4.69, 9.17) is 4.74 Å². The summed E-state index contributed by atoms with van der Waals surface area (Å²) < 4.78 is 6.83. The summed E-state index contributed by atoms with van der Waals surface area (Å²) in [6.07, 6.45) is 4.58. The Morgan fingerprint density at radius 3 is 2.26 bits per heavy atom. The van der Waals surface area contributed by atoms with Gasteiger partial charge in [-0.05, 0) is 51.9 Å². The maximum absolute atomic E-state index is 14.7. The van der Waals surface area contributed by atoms with Crippen molar-refractivity contribution in [3.8, 4) is 0 Å². The molecule has 0 aromatic carbocycles. The van der Waals surface area contributed by atoms with Gasteiger partial charge in [0.25, 0.3) is 0 Å². The Kier molecular flexibility index (Phi) is 8.06. The smallest absolute Gasteiger partial charge is 0.249 e. The summed E-state index contributed by atoms with van der Waals surface area (Å²) >= 11 is 0. The van der Waals surface area contributed by atoms with Crippen LogP contribution in [0.5, 0.6) is 0 Å². The van der Waals surface area contributed by atoms with E-state index in [9.17, 15) is 19.5 Å². The number of amides is 3. The van der Waals surface area contributed by atoms with Crippen LogP contribution in [0.3, 0.4) is 0 Å². The number of likely N-dealkylation sites (tertiary alicyclic amines) is 1. The molecule has 38 heavy (non-hydrogen) atoms. The molecule has 8 nitrogen and oxygen atoms in total. The first-order valence-corrected chi connectivity index (χ1v) is 13.8. The number of aliphatic hydroxyl groups excluding tert-OH is 1. The number of likely N-dealkylation sites (N-methyl/N-ethyl adjacent to an activating group) is 1. The molecule has 8 heteroatoms. The maximum atomic E-state index is 14.7. The van der Waals surface area contributed by atoms with Crippen LogP contribution in [0.4, 0.5) is 0 Å². The third-order valence-corrected chi connectivity index (χ3v) is 9.04. The summed E-state index contributed by atoms with van der Waals surface area (Å²) in [7, 11) is 1.70. The zero-order valence-corrected chi connectivity index (χ0v) is 24.9. The third-order valence-electron chi connectivity index (χ3n) is 9.04. The molecule has 0 saturated carbocycles. The van der Waals surface area contributed by atoms with Crippen LogP contribution in [0.2, 0.25) is 0 Å². The topological polar surface area (TPSA) is 90.4 Å². The monoisotopic (exact) mass is 531 g/mol. The lowest BCUT2D eigenvalue weighted by atomic mass is 9.62. The number of fused-ring (bicyclic) bond motifs is 1. The summed E-state index contributed by atoms with van der Waals surface area (Å²) in [6, 6.07) is -1.56. The molecule has 3 rings (SSSR count). The minimum Gasteiger partial charge on any atom is -0.394 e. The van der Waals surface area contributed by atoms with Gasteiger partial charge in [-0.3, -0.25) is 14.4 Å². The van der Waals surface area contributed by atoms with Gasteiger partial charge in [-0.1, -0.05) is 39.8 Å². The van der Waals surface area contributed by atoms with Crippen molar-refractivity contribution in [2.75, 3.05) is 26.7 Å². The summed E-state index contributed by atoms with van der Waals surface area (Å²) in [4.78, 5) is 47.7. The highest BCUT2D eigenvalue weighted by Gasteiger charge is 2.80. The Morgan fingerprint density at radius 2 is 1.76 bits per heavy atom. The number of hydrogen-bond acceptors (Lipinski definition) is 5. The number of aliphatic hydroxyl groups is 1. The van der Waals surface area contributed by atoms with Gasteiger partial charge in [0.05, 0.1) is 30.1 Å². The average Bonchev–Trinajstić information content (AvgIpc) is 3.31. The van der Waals surface area contributed by atoms with E-state index in [1.165, 1.54) is 4.90 Å². The molecule has 3 heterocycles. The van der Waals surface area contributed by atoms with Crippen molar-refractivity contribution in [3.05, 3.63) is 25.3 Å². The van der Waals surface area contributed by atoms with Crippen LogP contribution in [0.1, 0.15) is 68.2 Å². The van der Waals surface area contributed by atoms with E-state index in [2.05, 4.69) is 33.9 Å². The molecule has 0 aromatic heterocycles. The lowest BCUT2D eigenvalue weighted by molar-refractivity contribution is -0.160. The minimum atomic E-state index is -1.15. The molecule has 1 spiro atoms. The highest BCUT2D eigenvalue weighted by Crippen LogP contribution is 2.65. The number of carbonyl (C=O) groups excluding carboxylic acids is 3. The Hall–Kier alpha value is -2.19. The third kappa shape index (κ3) is 4.61. The molecule has 3 amide bonds. The molecule has 1 N–H and O–H groups in total. The first-order chi connectivity index (χ1) is 17.4. The van der Waals surface area contributed by atoms with Crippen molar-refractivity contribution in [2.24, 2.45) is 23.2 Å². The van der Waals surface area contributed by atoms with Gasteiger partial charge >= 0.3 is 0 Å². The molecule has 0 radical (unpaired) electrons. The summed E-state index contributed by atoms with van der Waals surface area (Å²) in [5.74, 6) is -2.28. The van der Waals surface area contributed by atoms with Crippen LogP contribution in [0, 0.1) is 23.2 Å². The predicted molar refractivity (Wildman–Crippen MR) is 148 cm³/mol. The van der Waals surface area contributed by atoms with Gasteiger partial charge in [-0.25, -0.2) is 0 Å². The fourth-order valence-corrected chi connectivity index (χ4v) is 7.72. The van der Waals surface area contributed by atoms with Crippen molar-refractivity contribution in [1.82, 2.24) is 14.7 Å². The molecule has 3 aliphatic rings. The Balaban J connectivity index is 2.18. The highest BCUT2D eigenvalue weighted by atomic mass is 16.5. The van der Waals surface area contributed by atoms with Gasteiger partial charge in [0.1, 0.15) is 11.6 Å². The Labute approximate surface area is 229 Å². The van der Waals surface area contributed by atoms with E-state index in [0.29, 0.717) is 19.5 Å². The van der Waals surface area contributed by atoms with Gasteiger partial charge in [0, 0.05) is 25.7 Å². The van der Waals surface area contributed by atoms with E-state index in [1.807, 2.05) is 27.7 Å². The molecule has 214 valence electrons. The van der Waals surface area contributed by atoms with E-state index in [1.54, 1.807) is 35.9 Å². The minimum absolute atomic E-state index is 0.0484. The lowest BCUT2D eigenvalue weighted by Crippen LogP contribution is -2.62. The number of hydrogen-bond donors (Lipinski definition) is 1. The van der Waals surface area contributed by atoms with Crippen molar-refractivity contribution in [1.29, 1.82) is 0 Å². The molecule has 3 unspecified atom stereocenters. The normalized spacial score (nSPS) is 33.2. The van der Waals surface area contributed by atoms with Gasteiger partial charge in [-0.15, -0.1) is 13.2 Å². The van der Waals surface area contributed by atoms with Crippen molar-refractivity contribution >= 4 is 17.7 Å². The summed E-state index contributed by atoms with van der Waals surface area (Å²) in [6.45, 7) is 24.2. The highest BCUT2D eigenvalue weighted by molar-refractivity contribution is 5.99. The largest absolute Gasteiger partial charge is 0.394 e. The second-order valence-corrected chi connectivity index (χ2v) is 13.8. The maximum Gasteiger partial charge on any atom is 0.249 e. The Bertz CT molecular complexity index is 987. The molecule has 0 aliphatic carbocycles. The zero-order chi connectivity index (χ0) is 29.0. The predicted octanol–water partition coefficient (Wildman–Crippen LogP) is 3.25. The molecular weight excluding hydrogens is 482 g/mol. The van der Waals surface area contributed by atoms with Gasteiger partial charge < -0.3 is 24.5 Å². The molecule has 3 aliphatic heterocycles. The van der Waals surface area contributed by atoms with Crippen LogP contribution in [0.15, 0.2) is 25.3 Å². The SMILES string of the molecule is C=CCN(C)C(=O)[C@H]1[C@H]2C(=O)N([C@H](C)CO)C(C(=O)N(CC=C)C(C)(C)CC(C)(C)C)C23CC(C)[C@]1(C)O3. The lowest BCUT2D eigenvalue weighted by Gasteiger charge is -2.46. The van der Waals surface area contributed by atoms with Crippen LogP contribution >= 0.6 is 0 Å². The standard InChI is InChI=1S/C30H49N3O5/c1-12-14-31(11)24(35)21-22-25(36)33(20(4)17-34)23(30(22)16-19(3)29(21,10)38-30)26(37)32(15-13-2)28(8,9)18-27(5,6)7/h12-13,19-23,34H,1-2,14-18H2,3-11H3/t19?,20-,21-,22+,23?,29+,30?/m1/s1. The number of ether oxygens (including phenoxy) is 1. The summed E-state index contributed by atoms with van der Waals surface area (Å²) in [5, 5.41) is 10.2. The molecule has 7 atom stereocenters. The van der Waals surface area contributed by atoms with Crippen LogP contribution in [-0.2, 0) is 19.1 Å². The van der Waals surface area contributed by atoms with Gasteiger partial charge in [0.15, 0.2) is 0 Å². The van der Waals surface area contributed by atoms with Crippen molar-refractivity contribution in [2.45, 2.75) is 97.1 Å².